The Hall–Kier alpha value is -2.89. The number of rotatable bonds is 5. The molecule has 0 saturated heterocycles. The molecular weight excluding hydrogens is 280 g/mol. The van der Waals surface area contributed by atoms with Gasteiger partial charge < -0.3 is 9.84 Å². The van der Waals surface area contributed by atoms with Crippen molar-refractivity contribution in [1.29, 1.82) is 5.26 Å². The summed E-state index contributed by atoms with van der Waals surface area (Å²) in [7, 11) is 0. The van der Waals surface area contributed by atoms with Gasteiger partial charge >= 0.3 is 17.8 Å². The largest absolute Gasteiger partial charge is 0.480 e. The maximum absolute atomic E-state index is 11.6. The zero-order valence-electron chi connectivity index (χ0n) is 11.5. The van der Waals surface area contributed by atoms with Gasteiger partial charge in [0.1, 0.15) is 18.0 Å². The highest BCUT2D eigenvalue weighted by atomic mass is 16.6. The predicted octanol–water partition coefficient (Wildman–Crippen LogP) is 0.569. The number of hydrogen-bond donors (Lipinski definition) is 2. The quantitative estimate of drug-likeness (QED) is 0.810. The Morgan fingerprint density at radius 2 is 2.24 bits per heavy atom. The summed E-state index contributed by atoms with van der Waals surface area (Å²) in [6.07, 6.45) is 0.339. The summed E-state index contributed by atoms with van der Waals surface area (Å²) >= 11 is 0. The van der Waals surface area contributed by atoms with E-state index in [1.54, 1.807) is 13.8 Å². The van der Waals surface area contributed by atoms with Crippen molar-refractivity contribution in [3.05, 3.63) is 22.7 Å². The van der Waals surface area contributed by atoms with E-state index in [1.165, 1.54) is 12.3 Å². The number of aromatic nitrogens is 2. The highest BCUT2D eigenvalue weighted by molar-refractivity contribution is 5.83. The third-order valence-corrected chi connectivity index (χ3v) is 2.28. The first kappa shape index (κ1) is 16.2. The average Bonchev–Trinajstić information content (AvgIpc) is 2.31. The molecule has 1 aromatic rings. The molecule has 0 radical (unpaired) electrons. The van der Waals surface area contributed by atoms with E-state index in [2.05, 4.69) is 10.3 Å². The smallest absolute Gasteiger partial charge is 0.413 e. The molecule has 0 unspecified atom stereocenters. The normalized spacial score (nSPS) is 10.5. The van der Waals surface area contributed by atoms with Crippen molar-refractivity contribution in [2.24, 2.45) is 0 Å². The van der Waals surface area contributed by atoms with E-state index in [1.807, 2.05) is 6.07 Å². The van der Waals surface area contributed by atoms with Gasteiger partial charge in [0.25, 0.3) is 0 Å². The first-order chi connectivity index (χ1) is 9.73. The van der Waals surface area contributed by atoms with Gasteiger partial charge in [0.05, 0.1) is 12.5 Å². The number of hydrogen-bond acceptors (Lipinski definition) is 6. The molecule has 1 aromatic heterocycles. The molecule has 0 saturated carbocycles. The number of carboxylic acid groups (broad SMARTS) is 1. The van der Waals surface area contributed by atoms with Gasteiger partial charge in [-0.2, -0.15) is 10.2 Å². The number of carbonyl (C=O) groups is 2. The van der Waals surface area contributed by atoms with E-state index in [-0.39, 0.29) is 12.2 Å². The van der Waals surface area contributed by atoms with E-state index in [9.17, 15) is 14.4 Å². The molecule has 112 valence electrons. The summed E-state index contributed by atoms with van der Waals surface area (Å²) in [5.74, 6) is -1.25. The summed E-state index contributed by atoms with van der Waals surface area (Å²) in [4.78, 5) is 37.1. The molecule has 0 spiro atoms. The van der Waals surface area contributed by atoms with Gasteiger partial charge in [0.15, 0.2) is 0 Å². The zero-order chi connectivity index (χ0) is 16.0. The Morgan fingerprint density at radius 3 is 2.76 bits per heavy atom. The number of nitriles is 1. The predicted molar refractivity (Wildman–Crippen MR) is 70.5 cm³/mol. The fourth-order valence-corrected chi connectivity index (χ4v) is 1.37. The summed E-state index contributed by atoms with van der Waals surface area (Å²) in [5.41, 5.74) is -1.79. The second kappa shape index (κ2) is 6.51. The highest BCUT2D eigenvalue weighted by Crippen LogP contribution is 2.14. The monoisotopic (exact) mass is 294 g/mol. The van der Waals surface area contributed by atoms with Gasteiger partial charge in [-0.15, -0.1) is 0 Å². The first-order valence-corrected chi connectivity index (χ1v) is 5.90. The summed E-state index contributed by atoms with van der Waals surface area (Å²) in [6, 6.07) is 3.15. The maximum Gasteiger partial charge on any atom is 0.413 e. The van der Waals surface area contributed by atoms with Gasteiger partial charge in [-0.3, -0.25) is 14.7 Å². The van der Waals surface area contributed by atoms with Crippen LogP contribution in [0.5, 0.6) is 0 Å². The molecule has 0 aromatic carbocycles. The van der Waals surface area contributed by atoms with Gasteiger partial charge in [0.2, 0.25) is 0 Å². The van der Waals surface area contributed by atoms with Gasteiger partial charge in [-0.05, 0) is 19.9 Å². The second-order valence-electron chi connectivity index (χ2n) is 4.73. The fraction of sp³-hybridized carbons (Fsp3) is 0.417. The first-order valence-electron chi connectivity index (χ1n) is 5.90. The molecule has 0 bridgehead atoms. The molecule has 0 atom stereocenters. The molecule has 9 nitrogen and oxygen atoms in total. The molecule has 1 rings (SSSR count). The minimum atomic E-state index is -1.18. The van der Waals surface area contributed by atoms with Crippen LogP contribution < -0.4 is 11.0 Å². The Labute approximate surface area is 119 Å². The number of anilines is 1. The average molecular weight is 294 g/mol. The van der Waals surface area contributed by atoms with Crippen molar-refractivity contribution in [3.8, 4) is 6.07 Å². The number of aliphatic carboxylic acids is 1. The van der Waals surface area contributed by atoms with Crippen molar-refractivity contribution in [2.45, 2.75) is 32.4 Å². The van der Waals surface area contributed by atoms with Gasteiger partial charge in [-0.1, -0.05) is 0 Å². The topological polar surface area (TPSA) is 134 Å². The standard InChI is InChI=1S/C12H14N4O5/c1-12(2,4-5-13)21-11(20)15-8-3-6-16(7-9(17)18)10(19)14-8/h3,6H,4,7H2,1-2H3,(H,17,18)(H,14,15,19,20). The van der Waals surface area contributed by atoms with Crippen LogP contribution in [0.4, 0.5) is 10.6 Å². The molecule has 0 aliphatic carbocycles. The third kappa shape index (κ3) is 5.32. The van der Waals surface area contributed by atoms with E-state index >= 15 is 0 Å². The molecule has 2 N–H and O–H groups in total. The Balaban J connectivity index is 2.74. The molecular formula is C12H14N4O5. The molecule has 21 heavy (non-hydrogen) atoms. The highest BCUT2D eigenvalue weighted by Gasteiger charge is 2.23. The van der Waals surface area contributed by atoms with Crippen LogP contribution in [0.25, 0.3) is 0 Å². The van der Waals surface area contributed by atoms with E-state index in [0.717, 1.165) is 4.57 Å². The SMILES string of the molecule is CC(C)(CC#N)OC(=O)Nc1ccn(CC(=O)O)c(=O)n1. The molecule has 1 heterocycles. The summed E-state index contributed by atoms with van der Waals surface area (Å²) in [5, 5.41) is 19.4. The van der Waals surface area contributed by atoms with Crippen molar-refractivity contribution in [2.75, 3.05) is 5.32 Å². The lowest BCUT2D eigenvalue weighted by Gasteiger charge is -2.21. The number of nitrogens with one attached hydrogen (secondary N) is 1. The zero-order valence-corrected chi connectivity index (χ0v) is 11.5. The summed E-state index contributed by atoms with van der Waals surface area (Å²) < 4.78 is 5.87. The third-order valence-electron chi connectivity index (χ3n) is 2.28. The second-order valence-corrected chi connectivity index (χ2v) is 4.73. The van der Waals surface area contributed by atoms with Crippen molar-refractivity contribution >= 4 is 17.9 Å². The number of carboxylic acids is 1. The minimum absolute atomic E-state index is 0.00799. The lowest BCUT2D eigenvalue weighted by atomic mass is 10.1. The van der Waals surface area contributed by atoms with Crippen LogP contribution in [0.3, 0.4) is 0 Å². The van der Waals surface area contributed by atoms with Crippen LogP contribution in [-0.4, -0.2) is 32.3 Å². The van der Waals surface area contributed by atoms with Crippen LogP contribution >= 0.6 is 0 Å². The Bertz CT molecular complexity index is 644. The molecule has 0 fully saturated rings. The van der Waals surface area contributed by atoms with Crippen LogP contribution in [0.2, 0.25) is 0 Å². The molecule has 1 amide bonds. The van der Waals surface area contributed by atoms with E-state index in [4.69, 9.17) is 15.1 Å². The Morgan fingerprint density at radius 1 is 1.57 bits per heavy atom. The van der Waals surface area contributed by atoms with E-state index < -0.39 is 29.9 Å². The van der Waals surface area contributed by atoms with E-state index in [0.29, 0.717) is 0 Å². The number of amides is 1. The van der Waals surface area contributed by atoms with Crippen LogP contribution in [-0.2, 0) is 16.1 Å². The lowest BCUT2D eigenvalue weighted by Crippen LogP contribution is -2.32. The van der Waals surface area contributed by atoms with Crippen LogP contribution in [0.15, 0.2) is 17.1 Å². The lowest BCUT2D eigenvalue weighted by molar-refractivity contribution is -0.137. The van der Waals surface area contributed by atoms with Crippen molar-refractivity contribution < 1.29 is 19.4 Å². The van der Waals surface area contributed by atoms with Gasteiger partial charge in [-0.25, -0.2) is 9.59 Å². The van der Waals surface area contributed by atoms with Gasteiger partial charge in [0, 0.05) is 6.20 Å². The Kier molecular flexibility index (Phi) is 5.01. The van der Waals surface area contributed by atoms with Crippen molar-refractivity contribution in [3.63, 3.8) is 0 Å². The van der Waals surface area contributed by atoms with Crippen LogP contribution in [0.1, 0.15) is 20.3 Å². The van der Waals surface area contributed by atoms with Crippen molar-refractivity contribution in [1.82, 2.24) is 9.55 Å². The molecule has 9 heteroatoms. The minimum Gasteiger partial charge on any atom is -0.480 e. The molecule has 0 aliphatic rings. The number of ether oxygens (including phenoxy) is 1. The number of carbonyl (C=O) groups excluding carboxylic acids is 1. The fourth-order valence-electron chi connectivity index (χ4n) is 1.37. The summed E-state index contributed by atoms with van der Waals surface area (Å²) in [6.45, 7) is 2.61. The maximum atomic E-state index is 11.6. The van der Waals surface area contributed by atoms with Crippen LogP contribution in [0, 0.1) is 11.3 Å². The number of nitrogens with zero attached hydrogens (tertiary/aromatic N) is 3. The molecule has 0 aliphatic heterocycles.